The van der Waals surface area contributed by atoms with Gasteiger partial charge in [-0.05, 0) is 48.5 Å². The Kier molecular flexibility index (Phi) is 3.71. The summed E-state index contributed by atoms with van der Waals surface area (Å²) in [4.78, 5) is 3.96. The molecule has 0 spiro atoms. The molecule has 0 fully saturated rings. The highest BCUT2D eigenvalue weighted by molar-refractivity contribution is 6.31. The monoisotopic (exact) mass is 250 g/mol. The van der Waals surface area contributed by atoms with Gasteiger partial charge in [0, 0.05) is 17.4 Å². The lowest BCUT2D eigenvalue weighted by molar-refractivity contribution is 0.616. The number of hydrogen-bond acceptors (Lipinski definition) is 2. The molecule has 0 saturated heterocycles. The molecule has 1 aromatic carbocycles. The lowest BCUT2D eigenvalue weighted by Gasteiger charge is -2.18. The summed E-state index contributed by atoms with van der Waals surface area (Å²) in [6.07, 6.45) is 3.40. The smallest absolute Gasteiger partial charge is 0.123 e. The first-order chi connectivity index (χ1) is 8.22. The largest absolute Gasteiger partial charge is 0.309 e. The molecular weight excluding hydrogens is 239 g/mol. The summed E-state index contributed by atoms with van der Waals surface area (Å²) in [7, 11) is 1.81. The summed E-state index contributed by atoms with van der Waals surface area (Å²) < 4.78 is 13.3. The molecule has 0 amide bonds. The molecule has 1 N–H and O–H groups in total. The molecule has 1 aromatic heterocycles. The van der Waals surface area contributed by atoms with Crippen molar-refractivity contribution in [1.82, 2.24) is 10.3 Å². The van der Waals surface area contributed by atoms with Crippen LogP contribution in [0, 0.1) is 5.82 Å². The van der Waals surface area contributed by atoms with Gasteiger partial charge >= 0.3 is 0 Å². The van der Waals surface area contributed by atoms with Crippen molar-refractivity contribution in [2.75, 3.05) is 7.05 Å². The highest BCUT2D eigenvalue weighted by atomic mass is 35.5. The normalized spacial score (nSPS) is 12.4. The lowest BCUT2D eigenvalue weighted by Crippen LogP contribution is -2.18. The molecule has 0 aliphatic carbocycles. The SMILES string of the molecule is CNC(c1ccncc1)c1cc(F)ccc1Cl. The second kappa shape index (κ2) is 5.25. The molecule has 1 unspecified atom stereocenters. The highest BCUT2D eigenvalue weighted by Crippen LogP contribution is 2.28. The Labute approximate surface area is 104 Å². The number of halogens is 2. The van der Waals surface area contributed by atoms with Gasteiger partial charge in [-0.1, -0.05) is 11.6 Å². The van der Waals surface area contributed by atoms with E-state index in [0.29, 0.717) is 5.02 Å². The topological polar surface area (TPSA) is 24.9 Å². The third-order valence-corrected chi connectivity index (χ3v) is 2.94. The number of nitrogens with zero attached hydrogens (tertiary/aromatic N) is 1. The van der Waals surface area contributed by atoms with Crippen molar-refractivity contribution in [3.8, 4) is 0 Å². The Bertz CT molecular complexity index is 502. The van der Waals surface area contributed by atoms with Crippen molar-refractivity contribution in [2.45, 2.75) is 6.04 Å². The molecule has 88 valence electrons. The summed E-state index contributed by atoms with van der Waals surface area (Å²) >= 11 is 6.10. The van der Waals surface area contributed by atoms with E-state index in [9.17, 15) is 4.39 Å². The molecule has 0 aliphatic heterocycles. The van der Waals surface area contributed by atoms with Crippen molar-refractivity contribution in [3.63, 3.8) is 0 Å². The van der Waals surface area contributed by atoms with E-state index >= 15 is 0 Å². The fourth-order valence-electron chi connectivity index (χ4n) is 1.79. The van der Waals surface area contributed by atoms with Crippen LogP contribution in [0.25, 0.3) is 0 Å². The molecule has 2 aromatic rings. The van der Waals surface area contributed by atoms with Gasteiger partial charge in [-0.25, -0.2) is 4.39 Å². The molecule has 1 heterocycles. The summed E-state index contributed by atoms with van der Waals surface area (Å²) in [5.41, 5.74) is 1.72. The van der Waals surface area contributed by atoms with Crippen LogP contribution in [0.4, 0.5) is 4.39 Å². The van der Waals surface area contributed by atoms with Gasteiger partial charge in [-0.2, -0.15) is 0 Å². The first-order valence-corrected chi connectivity index (χ1v) is 5.62. The van der Waals surface area contributed by atoms with E-state index in [0.717, 1.165) is 11.1 Å². The third-order valence-electron chi connectivity index (χ3n) is 2.60. The van der Waals surface area contributed by atoms with Gasteiger partial charge in [0.2, 0.25) is 0 Å². The zero-order valence-corrected chi connectivity index (χ0v) is 10.1. The molecule has 1 atom stereocenters. The van der Waals surface area contributed by atoms with Crippen LogP contribution in [0.3, 0.4) is 0 Å². The fraction of sp³-hybridized carbons (Fsp3) is 0.154. The summed E-state index contributed by atoms with van der Waals surface area (Å²) in [5.74, 6) is -0.293. The van der Waals surface area contributed by atoms with Gasteiger partial charge < -0.3 is 5.32 Å². The molecule has 0 aliphatic rings. The van der Waals surface area contributed by atoms with Gasteiger partial charge in [0.15, 0.2) is 0 Å². The number of nitrogens with one attached hydrogen (secondary N) is 1. The maximum atomic E-state index is 13.3. The minimum Gasteiger partial charge on any atom is -0.309 e. The zero-order valence-electron chi connectivity index (χ0n) is 9.32. The van der Waals surface area contributed by atoms with Crippen molar-refractivity contribution in [1.29, 1.82) is 0 Å². The van der Waals surface area contributed by atoms with E-state index in [2.05, 4.69) is 10.3 Å². The Balaban J connectivity index is 2.46. The Morgan fingerprint density at radius 3 is 2.59 bits per heavy atom. The van der Waals surface area contributed by atoms with Gasteiger partial charge in [-0.15, -0.1) is 0 Å². The van der Waals surface area contributed by atoms with E-state index in [-0.39, 0.29) is 11.9 Å². The molecule has 0 bridgehead atoms. The molecule has 2 rings (SSSR count). The summed E-state index contributed by atoms with van der Waals surface area (Å²) in [6.45, 7) is 0. The van der Waals surface area contributed by atoms with Crippen LogP contribution in [0.5, 0.6) is 0 Å². The highest BCUT2D eigenvalue weighted by Gasteiger charge is 2.15. The van der Waals surface area contributed by atoms with Crippen molar-refractivity contribution in [2.24, 2.45) is 0 Å². The quantitative estimate of drug-likeness (QED) is 0.905. The van der Waals surface area contributed by atoms with Gasteiger partial charge in [0.25, 0.3) is 0 Å². The Hall–Kier alpha value is -1.45. The first-order valence-electron chi connectivity index (χ1n) is 5.24. The van der Waals surface area contributed by atoms with Crippen LogP contribution in [0.2, 0.25) is 5.02 Å². The number of hydrogen-bond donors (Lipinski definition) is 1. The summed E-state index contributed by atoms with van der Waals surface area (Å²) in [6, 6.07) is 7.98. The minimum absolute atomic E-state index is 0.138. The predicted molar refractivity (Wildman–Crippen MR) is 66.5 cm³/mol. The van der Waals surface area contributed by atoms with Crippen LogP contribution in [-0.4, -0.2) is 12.0 Å². The third kappa shape index (κ3) is 2.62. The van der Waals surface area contributed by atoms with E-state index in [1.807, 2.05) is 19.2 Å². The molecular formula is C13H12ClFN2. The van der Waals surface area contributed by atoms with Gasteiger partial charge in [0.05, 0.1) is 6.04 Å². The van der Waals surface area contributed by atoms with Crippen LogP contribution < -0.4 is 5.32 Å². The summed E-state index contributed by atoms with van der Waals surface area (Å²) in [5, 5.41) is 3.67. The fourth-order valence-corrected chi connectivity index (χ4v) is 2.02. The van der Waals surface area contributed by atoms with Crippen LogP contribution in [0.1, 0.15) is 17.2 Å². The van der Waals surface area contributed by atoms with E-state index < -0.39 is 0 Å². The number of rotatable bonds is 3. The number of pyridine rings is 1. The van der Waals surface area contributed by atoms with Gasteiger partial charge in [0.1, 0.15) is 5.82 Å². The average Bonchev–Trinajstić information content (AvgIpc) is 2.36. The van der Waals surface area contributed by atoms with Crippen LogP contribution in [0.15, 0.2) is 42.7 Å². The maximum Gasteiger partial charge on any atom is 0.123 e. The maximum absolute atomic E-state index is 13.3. The van der Waals surface area contributed by atoms with Crippen molar-refractivity contribution >= 4 is 11.6 Å². The standard InChI is InChI=1S/C13H12ClFN2/c1-16-13(9-4-6-17-7-5-9)11-8-10(15)2-3-12(11)14/h2-8,13,16H,1H3. The van der Waals surface area contributed by atoms with E-state index in [1.54, 1.807) is 18.5 Å². The average molecular weight is 251 g/mol. The van der Waals surface area contributed by atoms with Gasteiger partial charge in [-0.3, -0.25) is 4.98 Å². The number of aromatic nitrogens is 1. The molecule has 17 heavy (non-hydrogen) atoms. The second-order valence-corrected chi connectivity index (χ2v) is 4.08. The van der Waals surface area contributed by atoms with Crippen LogP contribution >= 0.6 is 11.6 Å². The van der Waals surface area contributed by atoms with E-state index in [4.69, 9.17) is 11.6 Å². The minimum atomic E-state index is -0.293. The zero-order chi connectivity index (χ0) is 12.3. The second-order valence-electron chi connectivity index (χ2n) is 3.67. The Morgan fingerprint density at radius 2 is 1.94 bits per heavy atom. The Morgan fingerprint density at radius 1 is 1.24 bits per heavy atom. The molecule has 4 heteroatoms. The molecule has 0 radical (unpaired) electrons. The van der Waals surface area contributed by atoms with Crippen molar-refractivity contribution in [3.05, 3.63) is 64.7 Å². The number of benzene rings is 1. The molecule has 0 saturated carbocycles. The van der Waals surface area contributed by atoms with Crippen molar-refractivity contribution < 1.29 is 4.39 Å². The van der Waals surface area contributed by atoms with E-state index in [1.165, 1.54) is 12.1 Å². The van der Waals surface area contributed by atoms with Crippen LogP contribution in [-0.2, 0) is 0 Å². The predicted octanol–water partition coefficient (Wildman–Crippen LogP) is 3.18. The molecule has 2 nitrogen and oxygen atoms in total. The lowest BCUT2D eigenvalue weighted by atomic mass is 10.00. The first kappa shape index (κ1) is 12.0.